The molecule has 0 aliphatic rings. The molecule has 0 radical (unpaired) electrons. The van der Waals surface area contributed by atoms with Gasteiger partial charge < -0.3 is 0 Å². The Hall–Kier alpha value is -4.06. The lowest BCUT2D eigenvalue weighted by molar-refractivity contribution is 1.19. The first kappa shape index (κ1) is 18.3. The second kappa shape index (κ2) is 7.52. The molecule has 0 unspecified atom stereocenters. The highest BCUT2D eigenvalue weighted by atomic mass is 16.2. The molecule has 5 aromatic rings. The van der Waals surface area contributed by atoms with Crippen LogP contribution in [0.3, 0.4) is 0 Å². The standard InChI is InChI=1S/C13H12.C10H4N2O4/c1-3-7-12(8-4-1)11-13-9-5-2-6-10-13;13-7-3-1-4-6(10(16)12-8(4)14)2-5(3)9(15)11-7/h1-10H,11H2;1-2H,(H,11,13,15)(H,12,14,16). The molecule has 5 rings (SSSR count). The van der Waals surface area contributed by atoms with E-state index >= 15 is 0 Å². The van der Waals surface area contributed by atoms with E-state index in [0.29, 0.717) is 0 Å². The smallest absolute Gasteiger partial charge is 0.258 e. The van der Waals surface area contributed by atoms with Gasteiger partial charge in [-0.1, -0.05) is 60.7 Å². The second-order valence-corrected chi connectivity index (χ2v) is 6.66. The van der Waals surface area contributed by atoms with Crippen LogP contribution in [0.5, 0.6) is 0 Å². The fourth-order valence-corrected chi connectivity index (χ4v) is 3.25. The molecule has 0 atom stereocenters. The third kappa shape index (κ3) is 3.68. The monoisotopic (exact) mass is 384 g/mol. The van der Waals surface area contributed by atoms with Gasteiger partial charge in [-0.25, -0.2) is 0 Å². The third-order valence-corrected chi connectivity index (χ3v) is 4.68. The van der Waals surface area contributed by atoms with Crippen molar-refractivity contribution in [2.75, 3.05) is 0 Å². The lowest BCUT2D eigenvalue weighted by atomic mass is 10.1. The number of hydrogen-bond acceptors (Lipinski definition) is 4. The molecule has 0 fully saturated rings. The fraction of sp³-hybridized carbons (Fsp3) is 0.0435. The summed E-state index contributed by atoms with van der Waals surface area (Å²) in [6.45, 7) is 0. The normalized spacial score (nSPS) is 10.8. The molecule has 0 spiro atoms. The molecule has 2 heterocycles. The number of hydrogen-bond donors (Lipinski definition) is 2. The van der Waals surface area contributed by atoms with E-state index in [0.717, 1.165) is 6.42 Å². The van der Waals surface area contributed by atoms with Gasteiger partial charge in [-0.05, 0) is 29.7 Å². The molecule has 0 amide bonds. The summed E-state index contributed by atoms with van der Waals surface area (Å²) in [6.07, 6.45) is 1.03. The van der Waals surface area contributed by atoms with E-state index < -0.39 is 22.2 Å². The number of aromatic amines is 2. The van der Waals surface area contributed by atoms with Gasteiger partial charge in [0.2, 0.25) is 0 Å². The Balaban J connectivity index is 0.000000145. The fourth-order valence-electron chi connectivity index (χ4n) is 3.25. The van der Waals surface area contributed by atoms with Crippen molar-refractivity contribution in [3.63, 3.8) is 0 Å². The summed E-state index contributed by atoms with van der Waals surface area (Å²) in [6, 6.07) is 23.6. The lowest BCUT2D eigenvalue weighted by Gasteiger charge is -2.00. The minimum atomic E-state index is -0.546. The topological polar surface area (TPSA) is 99.9 Å². The van der Waals surface area contributed by atoms with Gasteiger partial charge in [-0.2, -0.15) is 0 Å². The van der Waals surface area contributed by atoms with Gasteiger partial charge in [0.05, 0.1) is 21.5 Å². The molecular weight excluding hydrogens is 368 g/mol. The molecule has 142 valence electrons. The van der Waals surface area contributed by atoms with Crippen LogP contribution in [0.15, 0.2) is 92.0 Å². The summed E-state index contributed by atoms with van der Waals surface area (Å²) in [5.74, 6) is 0. The molecule has 0 bridgehead atoms. The maximum absolute atomic E-state index is 11.3. The van der Waals surface area contributed by atoms with Crippen molar-refractivity contribution < 1.29 is 0 Å². The first-order valence-electron chi connectivity index (χ1n) is 9.00. The van der Waals surface area contributed by atoms with E-state index in [2.05, 4.69) is 70.6 Å². The quantitative estimate of drug-likeness (QED) is 0.487. The zero-order chi connectivity index (χ0) is 20.4. The minimum Gasteiger partial charge on any atom is -0.288 e. The van der Waals surface area contributed by atoms with Crippen molar-refractivity contribution in [1.82, 2.24) is 9.97 Å². The zero-order valence-corrected chi connectivity index (χ0v) is 15.3. The number of fused-ring (bicyclic) bond motifs is 2. The van der Waals surface area contributed by atoms with Gasteiger partial charge in [0.15, 0.2) is 0 Å². The number of aromatic nitrogens is 2. The molecule has 29 heavy (non-hydrogen) atoms. The largest absolute Gasteiger partial charge is 0.288 e. The van der Waals surface area contributed by atoms with E-state index in [1.165, 1.54) is 23.3 Å². The molecule has 2 N–H and O–H groups in total. The number of benzene rings is 3. The van der Waals surface area contributed by atoms with E-state index in [9.17, 15) is 19.2 Å². The zero-order valence-electron chi connectivity index (χ0n) is 15.3. The molecule has 0 aliphatic carbocycles. The molecule has 6 nitrogen and oxygen atoms in total. The molecule has 0 saturated heterocycles. The molecule has 2 aromatic heterocycles. The maximum Gasteiger partial charge on any atom is 0.258 e. The molecular formula is C23H16N2O4. The van der Waals surface area contributed by atoms with Crippen molar-refractivity contribution in [2.45, 2.75) is 6.42 Å². The van der Waals surface area contributed by atoms with E-state index in [1.54, 1.807) is 0 Å². The van der Waals surface area contributed by atoms with Gasteiger partial charge in [0.25, 0.3) is 22.2 Å². The van der Waals surface area contributed by atoms with Gasteiger partial charge in [0.1, 0.15) is 0 Å². The number of nitrogens with one attached hydrogen (secondary N) is 2. The Morgan fingerprint density at radius 3 is 1.10 bits per heavy atom. The maximum atomic E-state index is 11.3. The van der Waals surface area contributed by atoms with Crippen LogP contribution in [0, 0.1) is 0 Å². The van der Waals surface area contributed by atoms with Gasteiger partial charge in [-0.15, -0.1) is 0 Å². The predicted molar refractivity (Wildman–Crippen MR) is 113 cm³/mol. The summed E-state index contributed by atoms with van der Waals surface area (Å²) in [5.41, 5.74) is 0.553. The van der Waals surface area contributed by atoms with Crippen LogP contribution in [0.2, 0.25) is 0 Å². The number of rotatable bonds is 2. The Labute approximate surface area is 163 Å². The van der Waals surface area contributed by atoms with Crippen LogP contribution in [-0.2, 0) is 6.42 Å². The summed E-state index contributed by atoms with van der Waals surface area (Å²) in [7, 11) is 0. The van der Waals surface area contributed by atoms with Crippen LogP contribution in [0.4, 0.5) is 0 Å². The van der Waals surface area contributed by atoms with Gasteiger partial charge >= 0.3 is 0 Å². The molecule has 0 saturated carbocycles. The van der Waals surface area contributed by atoms with Gasteiger partial charge in [-0.3, -0.25) is 29.1 Å². The highest BCUT2D eigenvalue weighted by Gasteiger charge is 2.12. The second-order valence-electron chi connectivity index (χ2n) is 6.66. The summed E-state index contributed by atoms with van der Waals surface area (Å²) < 4.78 is 0. The summed E-state index contributed by atoms with van der Waals surface area (Å²) in [5, 5.41) is 0.532. The molecule has 3 aromatic carbocycles. The van der Waals surface area contributed by atoms with E-state index in [4.69, 9.17) is 0 Å². The lowest BCUT2D eigenvalue weighted by Crippen LogP contribution is -2.06. The molecule has 6 heteroatoms. The van der Waals surface area contributed by atoms with E-state index in [1.807, 2.05) is 0 Å². The SMILES string of the molecule is O=c1[nH]c(=O)c2cc3c(=O)[nH]c(=O)c3cc12.c1ccc(Cc2ccccc2)cc1. The highest BCUT2D eigenvalue weighted by molar-refractivity contribution is 5.97. The van der Waals surface area contributed by atoms with Crippen LogP contribution >= 0.6 is 0 Å². The minimum absolute atomic E-state index is 0.133. The van der Waals surface area contributed by atoms with Crippen LogP contribution in [0.1, 0.15) is 11.1 Å². The average Bonchev–Trinajstić information content (AvgIpc) is 3.18. The van der Waals surface area contributed by atoms with Crippen LogP contribution < -0.4 is 22.2 Å². The number of H-pyrrole nitrogens is 2. The predicted octanol–water partition coefficient (Wildman–Crippen LogP) is 2.24. The summed E-state index contributed by atoms with van der Waals surface area (Å²) >= 11 is 0. The third-order valence-electron chi connectivity index (χ3n) is 4.68. The molecule has 0 aliphatic heterocycles. The Morgan fingerprint density at radius 2 is 0.793 bits per heavy atom. The first-order valence-corrected chi connectivity index (χ1v) is 9.00. The van der Waals surface area contributed by atoms with Gasteiger partial charge in [0, 0.05) is 0 Å². The Bertz CT molecular complexity index is 1310. The van der Waals surface area contributed by atoms with Crippen molar-refractivity contribution in [2.24, 2.45) is 0 Å². The van der Waals surface area contributed by atoms with Crippen molar-refractivity contribution in [3.8, 4) is 0 Å². The van der Waals surface area contributed by atoms with Crippen LogP contribution in [-0.4, -0.2) is 9.97 Å². The highest BCUT2D eigenvalue weighted by Crippen LogP contribution is 2.12. The van der Waals surface area contributed by atoms with Crippen molar-refractivity contribution in [1.29, 1.82) is 0 Å². The van der Waals surface area contributed by atoms with Crippen molar-refractivity contribution >= 4 is 21.5 Å². The average molecular weight is 384 g/mol. The first-order chi connectivity index (χ1) is 14.0. The van der Waals surface area contributed by atoms with Crippen LogP contribution in [0.25, 0.3) is 21.5 Å². The summed E-state index contributed by atoms with van der Waals surface area (Å²) in [4.78, 5) is 49.4. The Morgan fingerprint density at radius 1 is 0.483 bits per heavy atom. The Kier molecular flexibility index (Phi) is 4.75. The van der Waals surface area contributed by atoms with Crippen molar-refractivity contribution in [3.05, 3.63) is 125 Å². The van der Waals surface area contributed by atoms with E-state index in [-0.39, 0.29) is 21.5 Å².